The molecule has 1 aromatic rings. The van der Waals surface area contributed by atoms with E-state index in [9.17, 15) is 0 Å². The SMILES string of the molecule is CCNC(=NCc1ccco1)NCCCSC. The second-order valence-electron chi connectivity index (χ2n) is 3.55. The van der Waals surface area contributed by atoms with Gasteiger partial charge in [0.05, 0.1) is 6.26 Å². The molecule has 0 bridgehead atoms. The zero-order valence-corrected chi connectivity index (χ0v) is 11.3. The summed E-state index contributed by atoms with van der Waals surface area (Å²) in [5.74, 6) is 2.90. The lowest BCUT2D eigenvalue weighted by Gasteiger charge is -2.10. The lowest BCUT2D eigenvalue weighted by Crippen LogP contribution is -2.37. The molecule has 0 saturated heterocycles. The molecule has 1 rings (SSSR count). The maximum atomic E-state index is 5.24. The van der Waals surface area contributed by atoms with Crippen LogP contribution in [0.25, 0.3) is 0 Å². The first kappa shape index (κ1) is 14.0. The van der Waals surface area contributed by atoms with Gasteiger partial charge < -0.3 is 15.1 Å². The molecule has 0 spiro atoms. The largest absolute Gasteiger partial charge is 0.467 e. The summed E-state index contributed by atoms with van der Waals surface area (Å²) in [5, 5.41) is 6.51. The van der Waals surface area contributed by atoms with Crippen molar-refractivity contribution in [3.8, 4) is 0 Å². The van der Waals surface area contributed by atoms with Crippen LogP contribution in [0.2, 0.25) is 0 Å². The van der Waals surface area contributed by atoms with Crippen molar-refractivity contribution in [2.24, 2.45) is 4.99 Å². The number of nitrogens with one attached hydrogen (secondary N) is 2. The van der Waals surface area contributed by atoms with Crippen LogP contribution in [-0.4, -0.2) is 31.1 Å². The molecule has 1 aromatic heterocycles. The second kappa shape index (κ2) is 8.98. The molecule has 1 heterocycles. The quantitative estimate of drug-likeness (QED) is 0.445. The minimum atomic E-state index is 0.574. The van der Waals surface area contributed by atoms with Crippen LogP contribution in [0, 0.1) is 0 Å². The molecule has 0 aromatic carbocycles. The van der Waals surface area contributed by atoms with E-state index >= 15 is 0 Å². The fourth-order valence-corrected chi connectivity index (χ4v) is 1.76. The Morgan fingerprint density at radius 2 is 2.35 bits per heavy atom. The molecule has 0 radical (unpaired) electrons. The van der Waals surface area contributed by atoms with Gasteiger partial charge in [-0.2, -0.15) is 11.8 Å². The van der Waals surface area contributed by atoms with Crippen LogP contribution in [0.5, 0.6) is 0 Å². The van der Waals surface area contributed by atoms with E-state index in [4.69, 9.17) is 4.42 Å². The Bertz CT molecular complexity index is 312. The number of thioether (sulfide) groups is 1. The van der Waals surface area contributed by atoms with E-state index in [1.54, 1.807) is 6.26 Å². The summed E-state index contributed by atoms with van der Waals surface area (Å²) in [7, 11) is 0. The molecular formula is C12H21N3OS. The van der Waals surface area contributed by atoms with Gasteiger partial charge in [-0.1, -0.05) is 0 Å². The van der Waals surface area contributed by atoms with E-state index in [0.717, 1.165) is 31.2 Å². The average molecular weight is 255 g/mol. The van der Waals surface area contributed by atoms with Crippen molar-refractivity contribution < 1.29 is 4.42 Å². The lowest BCUT2D eigenvalue weighted by molar-refractivity contribution is 0.512. The molecule has 4 nitrogen and oxygen atoms in total. The Balaban J connectivity index is 2.33. The minimum absolute atomic E-state index is 0.574. The van der Waals surface area contributed by atoms with Gasteiger partial charge in [0.15, 0.2) is 5.96 Å². The van der Waals surface area contributed by atoms with E-state index in [-0.39, 0.29) is 0 Å². The number of hydrogen-bond acceptors (Lipinski definition) is 3. The predicted octanol–water partition coefficient (Wildman–Crippen LogP) is 2.09. The van der Waals surface area contributed by atoms with Crippen molar-refractivity contribution in [3.05, 3.63) is 24.2 Å². The van der Waals surface area contributed by atoms with Crippen LogP contribution < -0.4 is 10.6 Å². The van der Waals surface area contributed by atoms with Gasteiger partial charge in [0.2, 0.25) is 0 Å². The predicted molar refractivity (Wildman–Crippen MR) is 74.5 cm³/mol. The van der Waals surface area contributed by atoms with Gasteiger partial charge in [0.1, 0.15) is 12.3 Å². The molecule has 0 unspecified atom stereocenters. The summed E-state index contributed by atoms with van der Waals surface area (Å²) in [6.07, 6.45) is 4.94. The average Bonchev–Trinajstić information content (AvgIpc) is 2.84. The molecule has 17 heavy (non-hydrogen) atoms. The third kappa shape index (κ3) is 6.26. The third-order valence-corrected chi connectivity index (χ3v) is 2.83. The summed E-state index contributed by atoms with van der Waals surface area (Å²) in [6, 6.07) is 3.81. The van der Waals surface area contributed by atoms with Crippen molar-refractivity contribution in [1.82, 2.24) is 10.6 Å². The monoisotopic (exact) mass is 255 g/mol. The van der Waals surface area contributed by atoms with Crippen molar-refractivity contribution in [1.29, 1.82) is 0 Å². The van der Waals surface area contributed by atoms with Crippen molar-refractivity contribution >= 4 is 17.7 Å². The summed E-state index contributed by atoms with van der Waals surface area (Å²) in [5.41, 5.74) is 0. The van der Waals surface area contributed by atoms with Crippen molar-refractivity contribution in [2.45, 2.75) is 19.9 Å². The Labute approximate surface area is 107 Å². The Kier molecular flexibility index (Phi) is 7.38. The Hall–Kier alpha value is -1.10. The molecule has 0 saturated carbocycles. The van der Waals surface area contributed by atoms with E-state index in [0.29, 0.717) is 6.54 Å². The smallest absolute Gasteiger partial charge is 0.191 e. The molecule has 0 aliphatic rings. The maximum absolute atomic E-state index is 5.24. The zero-order valence-electron chi connectivity index (χ0n) is 10.5. The molecule has 0 amide bonds. The zero-order chi connectivity index (χ0) is 12.3. The molecule has 0 aliphatic carbocycles. The van der Waals surface area contributed by atoms with Gasteiger partial charge in [-0.3, -0.25) is 0 Å². The first-order valence-electron chi connectivity index (χ1n) is 5.90. The Morgan fingerprint density at radius 1 is 1.47 bits per heavy atom. The van der Waals surface area contributed by atoms with Crippen molar-refractivity contribution in [2.75, 3.05) is 25.1 Å². The number of hydrogen-bond donors (Lipinski definition) is 2. The highest BCUT2D eigenvalue weighted by Gasteiger charge is 1.98. The van der Waals surface area contributed by atoms with E-state index < -0.39 is 0 Å². The molecule has 5 heteroatoms. The number of nitrogens with zero attached hydrogens (tertiary/aromatic N) is 1. The normalized spacial score (nSPS) is 11.5. The first-order chi connectivity index (χ1) is 8.36. The molecule has 0 atom stereocenters. The molecule has 2 N–H and O–H groups in total. The number of furan rings is 1. The lowest BCUT2D eigenvalue weighted by atomic mass is 10.4. The highest BCUT2D eigenvalue weighted by molar-refractivity contribution is 7.98. The van der Waals surface area contributed by atoms with Gasteiger partial charge in [-0.15, -0.1) is 0 Å². The molecular weight excluding hydrogens is 234 g/mol. The first-order valence-corrected chi connectivity index (χ1v) is 7.29. The van der Waals surface area contributed by atoms with Crippen LogP contribution >= 0.6 is 11.8 Å². The van der Waals surface area contributed by atoms with Crippen LogP contribution in [0.15, 0.2) is 27.8 Å². The number of aliphatic imine (C=N–C) groups is 1. The molecule has 96 valence electrons. The third-order valence-electron chi connectivity index (χ3n) is 2.14. The fourth-order valence-electron chi connectivity index (χ4n) is 1.32. The van der Waals surface area contributed by atoms with E-state index in [1.807, 2.05) is 23.9 Å². The molecule has 0 fully saturated rings. The van der Waals surface area contributed by atoms with E-state index in [1.165, 1.54) is 5.75 Å². The van der Waals surface area contributed by atoms with Crippen LogP contribution in [-0.2, 0) is 6.54 Å². The van der Waals surface area contributed by atoms with E-state index in [2.05, 4.69) is 28.8 Å². The number of guanidine groups is 1. The summed E-state index contributed by atoms with van der Waals surface area (Å²) < 4.78 is 5.24. The summed E-state index contributed by atoms with van der Waals surface area (Å²) >= 11 is 1.86. The topological polar surface area (TPSA) is 49.6 Å². The van der Waals surface area contributed by atoms with Gasteiger partial charge in [-0.25, -0.2) is 4.99 Å². The van der Waals surface area contributed by atoms with Crippen molar-refractivity contribution in [3.63, 3.8) is 0 Å². The maximum Gasteiger partial charge on any atom is 0.191 e. The minimum Gasteiger partial charge on any atom is -0.467 e. The second-order valence-corrected chi connectivity index (χ2v) is 4.53. The standard InChI is InChI=1S/C12H21N3OS/c1-3-13-12(14-7-5-9-17-2)15-10-11-6-4-8-16-11/h4,6,8H,3,5,7,9-10H2,1-2H3,(H2,13,14,15). The van der Waals surface area contributed by atoms with Gasteiger partial charge in [0.25, 0.3) is 0 Å². The fraction of sp³-hybridized carbons (Fsp3) is 0.583. The molecule has 0 aliphatic heterocycles. The van der Waals surface area contributed by atoms with Crippen LogP contribution in [0.4, 0.5) is 0 Å². The van der Waals surface area contributed by atoms with Crippen LogP contribution in [0.3, 0.4) is 0 Å². The van der Waals surface area contributed by atoms with Crippen LogP contribution in [0.1, 0.15) is 19.1 Å². The highest BCUT2D eigenvalue weighted by Crippen LogP contribution is 2.01. The Morgan fingerprint density at radius 3 is 3.00 bits per heavy atom. The summed E-state index contributed by atoms with van der Waals surface area (Å²) in [6.45, 7) is 4.45. The van der Waals surface area contributed by atoms with Gasteiger partial charge in [-0.05, 0) is 37.5 Å². The van der Waals surface area contributed by atoms with Gasteiger partial charge in [0, 0.05) is 13.1 Å². The highest BCUT2D eigenvalue weighted by atomic mass is 32.2. The summed E-state index contributed by atoms with van der Waals surface area (Å²) in [4.78, 5) is 4.45. The number of rotatable bonds is 7. The van der Waals surface area contributed by atoms with Gasteiger partial charge >= 0.3 is 0 Å².